The first-order valence-electron chi connectivity index (χ1n) is 6.96. The van der Waals surface area contributed by atoms with Gasteiger partial charge >= 0.3 is 10.2 Å². The van der Waals surface area contributed by atoms with Gasteiger partial charge in [0, 0.05) is 24.7 Å². The minimum absolute atomic E-state index is 0.403. The third-order valence-corrected chi connectivity index (χ3v) is 4.94. The second-order valence-electron chi connectivity index (χ2n) is 5.35. The molecule has 0 saturated heterocycles. The summed E-state index contributed by atoms with van der Waals surface area (Å²) in [5.41, 5.74) is 1.38. The molecule has 1 aromatic carbocycles. The number of aryl methyl sites for hydroxylation is 1. The highest BCUT2D eigenvalue weighted by Crippen LogP contribution is 2.21. The Morgan fingerprint density at radius 1 is 1.33 bits per heavy atom. The Labute approximate surface area is 132 Å². The van der Waals surface area contributed by atoms with Crippen LogP contribution in [0.25, 0.3) is 0 Å². The molecule has 0 bridgehead atoms. The maximum absolute atomic E-state index is 12.2. The van der Waals surface area contributed by atoms with Crippen molar-refractivity contribution in [2.45, 2.75) is 33.2 Å². The average Bonchev–Trinajstić information content (AvgIpc) is 2.38. The predicted molar refractivity (Wildman–Crippen MR) is 89.1 cm³/mol. The fourth-order valence-electron chi connectivity index (χ4n) is 1.70. The molecule has 1 aromatic rings. The number of rotatable bonds is 8. The summed E-state index contributed by atoms with van der Waals surface area (Å²) >= 11 is 6.00. The minimum Gasteiger partial charge on any atom is -0.314 e. The quantitative estimate of drug-likeness (QED) is 0.719. The molecule has 1 rings (SSSR count). The van der Waals surface area contributed by atoms with Crippen molar-refractivity contribution in [2.75, 3.05) is 24.9 Å². The molecule has 0 unspecified atom stereocenters. The molecule has 5 nitrogen and oxygen atoms in total. The van der Waals surface area contributed by atoms with Gasteiger partial charge in [-0.05, 0) is 37.6 Å². The SMILES string of the molecule is Cc1ccc(NS(=O)(=O)N(C)CCCNC(C)C)cc1Cl. The summed E-state index contributed by atoms with van der Waals surface area (Å²) < 4.78 is 28.2. The van der Waals surface area contributed by atoms with Crippen LogP contribution in [0.2, 0.25) is 5.02 Å². The molecule has 0 radical (unpaired) electrons. The molecule has 0 saturated carbocycles. The molecule has 120 valence electrons. The average molecular weight is 334 g/mol. The molecule has 0 aliphatic carbocycles. The fraction of sp³-hybridized carbons (Fsp3) is 0.571. The van der Waals surface area contributed by atoms with Crippen LogP contribution in [0.3, 0.4) is 0 Å². The maximum Gasteiger partial charge on any atom is 0.301 e. The molecule has 0 fully saturated rings. The Hall–Kier alpha value is -0.820. The molecular formula is C14H24ClN3O2S. The van der Waals surface area contributed by atoms with E-state index in [0.29, 0.717) is 23.3 Å². The zero-order chi connectivity index (χ0) is 16.0. The first-order chi connectivity index (χ1) is 9.72. The Bertz CT molecular complexity index is 561. The van der Waals surface area contributed by atoms with Gasteiger partial charge in [0.1, 0.15) is 0 Å². The highest BCUT2D eigenvalue weighted by Gasteiger charge is 2.17. The second-order valence-corrected chi connectivity index (χ2v) is 7.54. The lowest BCUT2D eigenvalue weighted by atomic mass is 10.2. The van der Waals surface area contributed by atoms with E-state index in [1.807, 2.05) is 6.92 Å². The molecule has 0 atom stereocenters. The van der Waals surface area contributed by atoms with Crippen LogP contribution >= 0.6 is 11.6 Å². The van der Waals surface area contributed by atoms with Crippen LogP contribution in [-0.4, -0.2) is 38.9 Å². The Balaban J connectivity index is 2.57. The summed E-state index contributed by atoms with van der Waals surface area (Å²) in [7, 11) is -1.98. The van der Waals surface area contributed by atoms with Gasteiger partial charge in [-0.1, -0.05) is 31.5 Å². The van der Waals surface area contributed by atoms with Crippen LogP contribution < -0.4 is 10.0 Å². The highest BCUT2D eigenvalue weighted by molar-refractivity contribution is 7.90. The predicted octanol–water partition coefficient (Wildman–Crippen LogP) is 2.63. The number of hydrogen-bond donors (Lipinski definition) is 2. The van der Waals surface area contributed by atoms with Gasteiger partial charge in [0.25, 0.3) is 0 Å². The van der Waals surface area contributed by atoms with Crippen LogP contribution in [0.15, 0.2) is 18.2 Å². The summed E-state index contributed by atoms with van der Waals surface area (Å²) in [4.78, 5) is 0. The smallest absolute Gasteiger partial charge is 0.301 e. The summed E-state index contributed by atoms with van der Waals surface area (Å²) in [5, 5.41) is 3.80. The summed E-state index contributed by atoms with van der Waals surface area (Å²) in [6.45, 7) is 7.23. The van der Waals surface area contributed by atoms with Crippen molar-refractivity contribution in [1.82, 2.24) is 9.62 Å². The van der Waals surface area contributed by atoms with Gasteiger partial charge in [0.05, 0.1) is 5.69 Å². The van der Waals surface area contributed by atoms with E-state index in [-0.39, 0.29) is 0 Å². The van der Waals surface area contributed by atoms with E-state index in [9.17, 15) is 8.42 Å². The van der Waals surface area contributed by atoms with E-state index >= 15 is 0 Å². The third-order valence-electron chi connectivity index (χ3n) is 3.03. The standard InChI is InChI=1S/C14H24ClN3O2S/c1-11(2)16-8-5-9-18(4)21(19,20)17-13-7-6-12(3)14(15)10-13/h6-7,10-11,16-17H,5,8-9H2,1-4H3. The molecule has 21 heavy (non-hydrogen) atoms. The number of benzene rings is 1. The van der Waals surface area contributed by atoms with Gasteiger partial charge in [0.15, 0.2) is 0 Å². The number of anilines is 1. The lowest BCUT2D eigenvalue weighted by molar-refractivity contribution is 0.451. The van der Waals surface area contributed by atoms with Crippen LogP contribution in [0.4, 0.5) is 5.69 Å². The summed E-state index contributed by atoms with van der Waals surface area (Å²) in [6.07, 6.45) is 0.754. The lowest BCUT2D eigenvalue weighted by Crippen LogP contribution is -2.35. The van der Waals surface area contributed by atoms with Gasteiger partial charge in [-0.3, -0.25) is 4.72 Å². The van der Waals surface area contributed by atoms with E-state index in [1.165, 1.54) is 4.31 Å². The molecule has 0 amide bonds. The van der Waals surface area contributed by atoms with Gasteiger partial charge in [0.2, 0.25) is 0 Å². The van der Waals surface area contributed by atoms with E-state index < -0.39 is 10.2 Å². The monoisotopic (exact) mass is 333 g/mol. The van der Waals surface area contributed by atoms with Gasteiger partial charge in [-0.15, -0.1) is 0 Å². The zero-order valence-corrected chi connectivity index (χ0v) is 14.6. The van der Waals surface area contributed by atoms with Crippen LogP contribution in [0.1, 0.15) is 25.8 Å². The first-order valence-corrected chi connectivity index (χ1v) is 8.78. The van der Waals surface area contributed by atoms with Crippen molar-refractivity contribution < 1.29 is 8.42 Å². The molecule has 0 aliphatic rings. The highest BCUT2D eigenvalue weighted by atomic mass is 35.5. The number of nitrogens with one attached hydrogen (secondary N) is 2. The minimum atomic E-state index is -3.55. The molecular weight excluding hydrogens is 310 g/mol. The topological polar surface area (TPSA) is 61.4 Å². The molecule has 7 heteroatoms. The van der Waals surface area contributed by atoms with Crippen molar-refractivity contribution in [3.05, 3.63) is 28.8 Å². The summed E-state index contributed by atoms with van der Waals surface area (Å²) in [5.74, 6) is 0. The third kappa shape index (κ3) is 6.22. The van der Waals surface area contributed by atoms with E-state index in [4.69, 9.17) is 11.6 Å². The Morgan fingerprint density at radius 2 is 2.00 bits per heavy atom. The normalized spacial score (nSPS) is 12.1. The largest absolute Gasteiger partial charge is 0.314 e. The Morgan fingerprint density at radius 3 is 2.57 bits per heavy atom. The van der Waals surface area contributed by atoms with E-state index in [0.717, 1.165) is 18.5 Å². The lowest BCUT2D eigenvalue weighted by Gasteiger charge is -2.19. The van der Waals surface area contributed by atoms with Crippen molar-refractivity contribution in [1.29, 1.82) is 0 Å². The van der Waals surface area contributed by atoms with Crippen molar-refractivity contribution in [3.63, 3.8) is 0 Å². The van der Waals surface area contributed by atoms with Crippen LogP contribution in [0, 0.1) is 6.92 Å². The van der Waals surface area contributed by atoms with Crippen LogP contribution in [-0.2, 0) is 10.2 Å². The molecule has 0 aliphatic heterocycles. The first kappa shape index (κ1) is 18.2. The maximum atomic E-state index is 12.2. The second kappa shape index (κ2) is 7.98. The van der Waals surface area contributed by atoms with Gasteiger partial charge in [-0.25, -0.2) is 0 Å². The zero-order valence-electron chi connectivity index (χ0n) is 13.0. The van der Waals surface area contributed by atoms with Crippen molar-refractivity contribution in [3.8, 4) is 0 Å². The Kier molecular flexibility index (Phi) is 6.93. The van der Waals surface area contributed by atoms with E-state index in [1.54, 1.807) is 25.2 Å². The van der Waals surface area contributed by atoms with Gasteiger partial charge < -0.3 is 5.32 Å². The molecule has 2 N–H and O–H groups in total. The number of halogens is 1. The van der Waals surface area contributed by atoms with Crippen molar-refractivity contribution >= 4 is 27.5 Å². The van der Waals surface area contributed by atoms with E-state index in [2.05, 4.69) is 23.9 Å². The summed E-state index contributed by atoms with van der Waals surface area (Å²) in [6, 6.07) is 5.50. The van der Waals surface area contributed by atoms with Crippen molar-refractivity contribution in [2.24, 2.45) is 0 Å². The van der Waals surface area contributed by atoms with Crippen LogP contribution in [0.5, 0.6) is 0 Å². The fourth-order valence-corrected chi connectivity index (χ4v) is 2.83. The number of nitrogens with zero attached hydrogens (tertiary/aromatic N) is 1. The molecule has 0 spiro atoms. The van der Waals surface area contributed by atoms with Gasteiger partial charge in [-0.2, -0.15) is 12.7 Å². The molecule has 0 aromatic heterocycles. The molecule has 0 heterocycles. The number of hydrogen-bond acceptors (Lipinski definition) is 3.